The van der Waals surface area contributed by atoms with E-state index >= 15 is 0 Å². The van der Waals surface area contributed by atoms with Crippen LogP contribution in [-0.2, 0) is 17.4 Å². The second-order valence-corrected chi connectivity index (χ2v) is 10.3. The molecule has 0 unspecified atom stereocenters. The van der Waals surface area contributed by atoms with Crippen molar-refractivity contribution in [1.29, 1.82) is 0 Å². The van der Waals surface area contributed by atoms with E-state index in [0.717, 1.165) is 16.9 Å². The van der Waals surface area contributed by atoms with Gasteiger partial charge in [-0.25, -0.2) is 4.39 Å². The van der Waals surface area contributed by atoms with Crippen molar-refractivity contribution < 1.29 is 9.13 Å². The molecule has 0 bridgehead atoms. The van der Waals surface area contributed by atoms with E-state index in [2.05, 4.69) is 71.0 Å². The van der Waals surface area contributed by atoms with Gasteiger partial charge in [0.1, 0.15) is 18.2 Å². The third kappa shape index (κ3) is 4.80. The monoisotopic (exact) mass is 428 g/mol. The van der Waals surface area contributed by atoms with Gasteiger partial charge in [-0.1, -0.05) is 76.2 Å². The van der Waals surface area contributed by atoms with Crippen molar-refractivity contribution in [2.24, 2.45) is 0 Å². The van der Waals surface area contributed by atoms with Gasteiger partial charge in [-0.2, -0.15) is 0 Å². The van der Waals surface area contributed by atoms with Crippen LogP contribution in [0, 0.1) is 5.82 Å². The van der Waals surface area contributed by atoms with Gasteiger partial charge < -0.3 is 4.74 Å². The lowest BCUT2D eigenvalue weighted by Gasteiger charge is -2.42. The molecule has 1 nitrogen and oxygen atoms in total. The minimum Gasteiger partial charge on any atom is -0.489 e. The van der Waals surface area contributed by atoms with Crippen LogP contribution < -0.4 is 4.74 Å². The fourth-order valence-electron chi connectivity index (χ4n) is 4.62. The third-order valence-corrected chi connectivity index (χ3v) is 6.87. The molecule has 3 aromatic rings. The van der Waals surface area contributed by atoms with Crippen molar-refractivity contribution in [3.63, 3.8) is 0 Å². The Kier molecular flexibility index (Phi) is 5.99. The van der Waals surface area contributed by atoms with Crippen LogP contribution in [0.15, 0.2) is 66.7 Å². The van der Waals surface area contributed by atoms with Crippen LogP contribution in [0.2, 0.25) is 0 Å². The van der Waals surface area contributed by atoms with E-state index in [1.165, 1.54) is 47.2 Å². The highest BCUT2D eigenvalue weighted by Crippen LogP contribution is 2.46. The molecule has 0 atom stereocenters. The van der Waals surface area contributed by atoms with Gasteiger partial charge in [-0.05, 0) is 88.3 Å². The number of ether oxygens (including phenoxy) is 1. The SMILES string of the molecule is C/C(=C\c1ccc(OCc2cccc(F)c2)cc1)c1ccc2c(c1)C(C)(C)CCC2(C)C. The average molecular weight is 429 g/mol. The van der Waals surface area contributed by atoms with E-state index in [9.17, 15) is 4.39 Å². The Morgan fingerprint density at radius 1 is 0.875 bits per heavy atom. The number of benzene rings is 3. The molecule has 1 aliphatic carbocycles. The fraction of sp³-hybridized carbons (Fsp3) is 0.333. The summed E-state index contributed by atoms with van der Waals surface area (Å²) in [5.41, 5.74) is 7.91. The minimum atomic E-state index is -0.240. The van der Waals surface area contributed by atoms with Crippen LogP contribution in [0.5, 0.6) is 5.75 Å². The van der Waals surface area contributed by atoms with Gasteiger partial charge >= 0.3 is 0 Å². The molecule has 0 amide bonds. The molecule has 0 radical (unpaired) electrons. The van der Waals surface area contributed by atoms with Gasteiger partial charge in [0, 0.05) is 0 Å². The van der Waals surface area contributed by atoms with E-state index in [1.54, 1.807) is 6.07 Å². The van der Waals surface area contributed by atoms with Crippen LogP contribution in [0.25, 0.3) is 11.6 Å². The van der Waals surface area contributed by atoms with Crippen molar-refractivity contribution in [1.82, 2.24) is 0 Å². The number of hydrogen-bond acceptors (Lipinski definition) is 1. The van der Waals surface area contributed by atoms with Gasteiger partial charge in [-0.3, -0.25) is 0 Å². The highest BCUT2D eigenvalue weighted by molar-refractivity contribution is 5.80. The maximum absolute atomic E-state index is 13.3. The number of fused-ring (bicyclic) bond motifs is 1. The Morgan fingerprint density at radius 2 is 1.56 bits per heavy atom. The number of hydrogen-bond donors (Lipinski definition) is 0. The predicted molar refractivity (Wildman–Crippen MR) is 132 cm³/mol. The Balaban J connectivity index is 1.51. The van der Waals surface area contributed by atoms with E-state index in [-0.39, 0.29) is 16.6 Å². The highest BCUT2D eigenvalue weighted by Gasteiger charge is 2.36. The zero-order chi connectivity index (χ0) is 22.9. The van der Waals surface area contributed by atoms with Crippen LogP contribution >= 0.6 is 0 Å². The summed E-state index contributed by atoms with van der Waals surface area (Å²) < 4.78 is 19.1. The summed E-state index contributed by atoms with van der Waals surface area (Å²) in [5.74, 6) is 0.540. The normalized spacial score (nSPS) is 17.0. The van der Waals surface area contributed by atoms with Gasteiger partial charge in [0.05, 0.1) is 0 Å². The molecule has 3 aromatic carbocycles. The summed E-state index contributed by atoms with van der Waals surface area (Å²) in [5, 5.41) is 0. The molecule has 0 fully saturated rings. The number of allylic oxidation sites excluding steroid dienone is 1. The molecule has 1 aliphatic rings. The molecule has 2 heteroatoms. The lowest BCUT2D eigenvalue weighted by molar-refractivity contribution is 0.305. The van der Waals surface area contributed by atoms with Gasteiger partial charge in [0.15, 0.2) is 0 Å². The van der Waals surface area contributed by atoms with Gasteiger partial charge in [0.2, 0.25) is 0 Å². The Bertz CT molecular complexity index is 1140. The standard InChI is InChI=1S/C30H33FO/c1-21(24-11-14-27-28(19-24)30(4,5)16-15-29(27,2)3)17-22-9-12-26(13-10-22)32-20-23-7-6-8-25(31)18-23/h6-14,17-19H,15-16,20H2,1-5H3/b21-17+. The van der Waals surface area contributed by atoms with Crippen LogP contribution in [0.4, 0.5) is 4.39 Å². The molecule has 0 saturated heterocycles. The molecule has 166 valence electrons. The predicted octanol–water partition coefficient (Wildman–Crippen LogP) is 8.31. The van der Waals surface area contributed by atoms with Crippen molar-refractivity contribution >= 4 is 11.6 Å². The average Bonchev–Trinajstić information content (AvgIpc) is 2.76. The highest BCUT2D eigenvalue weighted by atomic mass is 19.1. The van der Waals surface area contributed by atoms with Gasteiger partial charge in [0.25, 0.3) is 0 Å². The maximum atomic E-state index is 13.3. The fourth-order valence-corrected chi connectivity index (χ4v) is 4.62. The van der Waals surface area contributed by atoms with Crippen molar-refractivity contribution in [3.8, 4) is 5.75 Å². The molecule has 0 aliphatic heterocycles. The lowest BCUT2D eigenvalue weighted by atomic mass is 9.63. The molecular weight excluding hydrogens is 395 g/mol. The molecule has 4 rings (SSSR count). The van der Waals surface area contributed by atoms with E-state index in [4.69, 9.17) is 4.74 Å². The second kappa shape index (κ2) is 8.58. The van der Waals surface area contributed by atoms with E-state index < -0.39 is 0 Å². The van der Waals surface area contributed by atoms with E-state index in [0.29, 0.717) is 6.61 Å². The summed E-state index contributed by atoms with van der Waals surface area (Å²) in [7, 11) is 0. The van der Waals surface area contributed by atoms with Crippen molar-refractivity contribution in [3.05, 3.63) is 100 Å². The van der Waals surface area contributed by atoms with Crippen molar-refractivity contribution in [2.75, 3.05) is 0 Å². The lowest BCUT2D eigenvalue weighted by Crippen LogP contribution is -2.33. The topological polar surface area (TPSA) is 9.23 Å². The summed E-state index contributed by atoms with van der Waals surface area (Å²) in [6.45, 7) is 12.0. The van der Waals surface area contributed by atoms with E-state index in [1.807, 2.05) is 18.2 Å². The second-order valence-electron chi connectivity index (χ2n) is 10.3. The van der Waals surface area contributed by atoms with Crippen molar-refractivity contribution in [2.45, 2.75) is 64.9 Å². The minimum absolute atomic E-state index is 0.210. The zero-order valence-corrected chi connectivity index (χ0v) is 19.8. The zero-order valence-electron chi connectivity index (χ0n) is 19.8. The first-order valence-corrected chi connectivity index (χ1v) is 11.5. The molecule has 0 heterocycles. The van der Waals surface area contributed by atoms with Crippen LogP contribution in [0.3, 0.4) is 0 Å². The molecule has 0 aromatic heterocycles. The Labute approximate surface area is 192 Å². The largest absolute Gasteiger partial charge is 0.489 e. The smallest absolute Gasteiger partial charge is 0.123 e. The summed E-state index contributed by atoms with van der Waals surface area (Å²) >= 11 is 0. The molecule has 0 spiro atoms. The molecular formula is C30H33FO. The summed E-state index contributed by atoms with van der Waals surface area (Å²) in [6.07, 6.45) is 4.67. The first-order chi connectivity index (χ1) is 15.1. The molecule has 32 heavy (non-hydrogen) atoms. The van der Waals surface area contributed by atoms with Crippen LogP contribution in [-0.4, -0.2) is 0 Å². The van der Waals surface area contributed by atoms with Crippen LogP contribution in [0.1, 0.15) is 75.3 Å². The maximum Gasteiger partial charge on any atom is 0.123 e. The molecule has 0 N–H and O–H groups in total. The Morgan fingerprint density at radius 3 is 2.25 bits per heavy atom. The Hall–Kier alpha value is -2.87. The first-order valence-electron chi connectivity index (χ1n) is 11.5. The number of rotatable bonds is 5. The molecule has 0 saturated carbocycles. The first kappa shape index (κ1) is 22.3. The van der Waals surface area contributed by atoms with Gasteiger partial charge in [-0.15, -0.1) is 0 Å². The third-order valence-electron chi connectivity index (χ3n) is 6.87. The summed E-state index contributed by atoms with van der Waals surface area (Å²) in [6, 6.07) is 21.6. The summed E-state index contributed by atoms with van der Waals surface area (Å²) in [4.78, 5) is 0. The number of halogens is 1. The quantitative estimate of drug-likeness (QED) is 0.371.